The summed E-state index contributed by atoms with van der Waals surface area (Å²) in [5, 5.41) is 19.1. The summed E-state index contributed by atoms with van der Waals surface area (Å²) >= 11 is 0. The molecule has 13 heteroatoms. The first-order chi connectivity index (χ1) is 26.0. The Morgan fingerprint density at radius 1 is 1.09 bits per heavy atom. The van der Waals surface area contributed by atoms with Gasteiger partial charge in [0.25, 0.3) is 0 Å². The van der Waals surface area contributed by atoms with Crippen molar-refractivity contribution < 1.29 is 43.2 Å². The third-order valence-corrected chi connectivity index (χ3v) is 11.8. The number of aliphatic hydroxyl groups excluding tert-OH is 1. The second kappa shape index (κ2) is 17.8. The van der Waals surface area contributed by atoms with Gasteiger partial charge in [0.15, 0.2) is 17.7 Å². The summed E-state index contributed by atoms with van der Waals surface area (Å²) in [4.78, 5) is 47.5. The lowest BCUT2D eigenvalue weighted by Gasteiger charge is -2.47. The van der Waals surface area contributed by atoms with Crippen LogP contribution in [0.3, 0.4) is 0 Å². The topological polar surface area (TPSA) is 158 Å². The quantitative estimate of drug-likeness (QED) is 0.248. The normalized spacial score (nSPS) is 38.3. The number of nitrogens with one attached hydrogen (secondary N) is 2. The highest BCUT2D eigenvalue weighted by Gasteiger charge is 2.55. The van der Waals surface area contributed by atoms with Gasteiger partial charge in [0.05, 0.1) is 36.0 Å². The van der Waals surface area contributed by atoms with Crippen LogP contribution in [0.4, 0.5) is 4.79 Å². The molecule has 0 spiro atoms. The maximum absolute atomic E-state index is 14.5. The molecule has 304 valence electrons. The molecule has 0 radical (unpaired) electrons. The third kappa shape index (κ3) is 9.57. The van der Waals surface area contributed by atoms with Crippen molar-refractivity contribution in [2.75, 3.05) is 27.2 Å². The minimum atomic E-state index is -1.18. The first-order valence-corrected chi connectivity index (χ1v) is 19.7. The Hall–Kier alpha value is -3.46. The summed E-state index contributed by atoms with van der Waals surface area (Å²) in [5.74, 6) is -3.25. The van der Waals surface area contributed by atoms with Crippen LogP contribution in [0.15, 0.2) is 42.6 Å². The van der Waals surface area contributed by atoms with Gasteiger partial charge in [-0.1, -0.05) is 51.1 Å². The predicted octanol–water partition coefficient (Wildman–Crippen LogP) is 4.88. The number of hydrogen-bond donors (Lipinski definition) is 3. The fourth-order valence-electron chi connectivity index (χ4n) is 8.68. The van der Waals surface area contributed by atoms with Crippen molar-refractivity contribution in [3.05, 3.63) is 48.2 Å². The summed E-state index contributed by atoms with van der Waals surface area (Å²) in [6.07, 6.45) is 2.37. The number of fused-ring (bicyclic) bond motifs is 2. The highest BCUT2D eigenvalue weighted by molar-refractivity contribution is 6.00. The number of esters is 1. The lowest BCUT2D eigenvalue weighted by molar-refractivity contribution is -0.296. The van der Waals surface area contributed by atoms with Gasteiger partial charge in [-0.2, -0.15) is 0 Å². The van der Waals surface area contributed by atoms with Gasteiger partial charge < -0.3 is 44.3 Å². The smallest absolute Gasteiger partial charge is 0.408 e. The van der Waals surface area contributed by atoms with Crippen LogP contribution in [-0.2, 0) is 33.3 Å². The number of likely N-dealkylation sites (N-methyl/N-ethyl adjacent to an activating group) is 1. The number of carbonyl (C=O) groups excluding carboxylic acids is 3. The van der Waals surface area contributed by atoms with Crippen molar-refractivity contribution >= 4 is 34.8 Å². The molecule has 3 aliphatic rings. The van der Waals surface area contributed by atoms with E-state index in [-0.39, 0.29) is 30.7 Å². The standard InChI is InChI=1S/C42H62N4O9/c1-11-33-42(8)36(45-40(50)55-42)28(6)43-22-24(2)21-41(7,51-18-14-15-29-20-30-16-12-13-17-31(30)44-23-29)37(26(4)34(47)27(5)38(49)53-33)54-39-35(48)32(46(9)10)19-25(3)52-39/h12-17,20,23-28,32-33,35-37,39,43,48H,11,18-19,21-22H2,1-10H3,(H,45,50)/b15-14+/t24-,25-,26+,27-,28-,32?,33-,35?,36-,37-,39+,41-,42-/m1/s1. The second-order valence-corrected chi connectivity index (χ2v) is 16.6. The number of alkyl carbamates (subject to hydrolysis) is 1. The zero-order valence-corrected chi connectivity index (χ0v) is 34.1. The van der Waals surface area contributed by atoms with Gasteiger partial charge in [-0.3, -0.25) is 14.6 Å². The number of ether oxygens (including phenoxy) is 5. The minimum Gasteiger partial charge on any atom is -0.458 e. The van der Waals surface area contributed by atoms with E-state index >= 15 is 0 Å². The van der Waals surface area contributed by atoms with Gasteiger partial charge in [0.2, 0.25) is 0 Å². The fourth-order valence-corrected chi connectivity index (χ4v) is 8.68. The van der Waals surface area contributed by atoms with E-state index in [0.717, 1.165) is 16.5 Å². The van der Waals surface area contributed by atoms with E-state index in [2.05, 4.69) is 28.6 Å². The van der Waals surface area contributed by atoms with E-state index in [1.165, 1.54) is 6.92 Å². The van der Waals surface area contributed by atoms with E-state index in [1.807, 2.05) is 89.3 Å². The lowest BCUT2D eigenvalue weighted by atomic mass is 9.78. The van der Waals surface area contributed by atoms with Crippen molar-refractivity contribution in [3.63, 3.8) is 0 Å². The Labute approximate surface area is 325 Å². The van der Waals surface area contributed by atoms with Gasteiger partial charge in [0.1, 0.15) is 18.1 Å². The molecular formula is C42H62N4O9. The molecule has 3 saturated heterocycles. The molecule has 2 unspecified atom stereocenters. The number of cyclic esters (lactones) is 1. The Morgan fingerprint density at radius 2 is 1.82 bits per heavy atom. The molecule has 1 aromatic carbocycles. The van der Waals surface area contributed by atoms with E-state index in [1.54, 1.807) is 13.8 Å². The van der Waals surface area contributed by atoms with Crippen LogP contribution in [0.1, 0.15) is 80.2 Å². The number of benzene rings is 1. The van der Waals surface area contributed by atoms with Crippen LogP contribution in [0.25, 0.3) is 17.0 Å². The van der Waals surface area contributed by atoms with Crippen molar-refractivity contribution in [1.82, 2.24) is 20.5 Å². The van der Waals surface area contributed by atoms with Crippen molar-refractivity contribution in [3.8, 4) is 0 Å². The molecule has 0 saturated carbocycles. The Balaban J connectivity index is 1.51. The minimum absolute atomic E-state index is 0.0353. The van der Waals surface area contributed by atoms with Gasteiger partial charge in [-0.15, -0.1) is 0 Å². The Bertz CT molecular complexity index is 1690. The number of ketones is 1. The number of para-hydroxylation sites is 1. The molecule has 13 atom stereocenters. The summed E-state index contributed by atoms with van der Waals surface area (Å²) in [6.45, 7) is 15.5. The van der Waals surface area contributed by atoms with Gasteiger partial charge >= 0.3 is 12.1 Å². The van der Waals surface area contributed by atoms with Crippen LogP contribution in [-0.4, -0.2) is 120 Å². The first kappa shape index (κ1) is 42.7. The molecule has 0 bridgehead atoms. The van der Waals surface area contributed by atoms with Crippen molar-refractivity contribution in [1.29, 1.82) is 0 Å². The SMILES string of the molecule is CC[C@H]1OC(=O)[C@H](C)C(=O)[C@H](C)[C@@H](O[C@@H]2O[C@H](C)CC(N(C)C)C2O)[C@](C)(OC/C=C/c2cnc3ccccc3c2)C[C@@H](C)CN[C@H](C)[C@H]2NC(=O)O[C@@]21C. The summed E-state index contributed by atoms with van der Waals surface area (Å²) in [7, 11) is 3.81. The third-order valence-electron chi connectivity index (χ3n) is 11.8. The van der Waals surface area contributed by atoms with Gasteiger partial charge in [-0.05, 0) is 98.1 Å². The maximum atomic E-state index is 14.5. The second-order valence-electron chi connectivity index (χ2n) is 16.6. The number of rotatable bonds is 8. The molecule has 4 heterocycles. The van der Waals surface area contributed by atoms with Gasteiger partial charge in [0, 0.05) is 29.6 Å². The van der Waals surface area contributed by atoms with Crippen LogP contribution >= 0.6 is 0 Å². The highest BCUT2D eigenvalue weighted by Crippen LogP contribution is 2.38. The summed E-state index contributed by atoms with van der Waals surface area (Å²) in [6, 6.07) is 8.92. The Morgan fingerprint density at radius 3 is 2.53 bits per heavy atom. The highest BCUT2D eigenvalue weighted by atomic mass is 16.7. The number of nitrogens with zero attached hydrogens (tertiary/aromatic N) is 2. The number of pyridine rings is 1. The molecule has 13 nitrogen and oxygen atoms in total. The van der Waals surface area contributed by atoms with Crippen molar-refractivity contribution in [2.45, 2.75) is 135 Å². The maximum Gasteiger partial charge on any atom is 0.408 e. The van der Waals surface area contributed by atoms with Crippen LogP contribution in [0, 0.1) is 17.8 Å². The Kier molecular flexibility index (Phi) is 13.8. The number of amides is 1. The summed E-state index contributed by atoms with van der Waals surface area (Å²) < 4.78 is 31.7. The molecule has 2 aromatic rings. The zero-order valence-electron chi connectivity index (χ0n) is 34.1. The molecule has 5 rings (SSSR count). The van der Waals surface area contributed by atoms with E-state index in [0.29, 0.717) is 25.8 Å². The average Bonchev–Trinajstić information content (AvgIpc) is 3.47. The molecule has 0 aliphatic carbocycles. The summed E-state index contributed by atoms with van der Waals surface area (Å²) in [5.41, 5.74) is -0.496. The number of carbonyl (C=O) groups is 3. The van der Waals surface area contributed by atoms with Crippen molar-refractivity contribution in [2.24, 2.45) is 17.8 Å². The zero-order chi connectivity index (χ0) is 40.2. The predicted molar refractivity (Wildman–Crippen MR) is 209 cm³/mol. The van der Waals surface area contributed by atoms with Crippen LogP contribution in [0.5, 0.6) is 0 Å². The molecule has 3 N–H and O–H groups in total. The molecular weight excluding hydrogens is 704 g/mol. The number of Topliss-reactive ketones (excluding diaryl/α,β-unsaturated/α-hetero) is 1. The molecule has 1 amide bonds. The van der Waals surface area contributed by atoms with Crippen LogP contribution < -0.4 is 10.6 Å². The number of aromatic nitrogens is 1. The first-order valence-electron chi connectivity index (χ1n) is 19.7. The molecule has 3 aliphatic heterocycles. The van der Waals surface area contributed by atoms with Crippen LogP contribution in [0.2, 0.25) is 0 Å². The van der Waals surface area contributed by atoms with E-state index < -0.39 is 71.5 Å². The number of aliphatic hydroxyl groups is 1. The fraction of sp³-hybridized carbons (Fsp3) is 0.667. The number of hydrogen-bond acceptors (Lipinski definition) is 12. The average molecular weight is 767 g/mol. The molecule has 55 heavy (non-hydrogen) atoms. The van der Waals surface area contributed by atoms with E-state index in [9.17, 15) is 19.5 Å². The monoisotopic (exact) mass is 766 g/mol. The molecule has 1 aromatic heterocycles. The lowest BCUT2D eigenvalue weighted by Crippen LogP contribution is -2.60. The van der Waals surface area contributed by atoms with Gasteiger partial charge in [-0.25, -0.2) is 4.79 Å². The largest absolute Gasteiger partial charge is 0.458 e. The van der Waals surface area contributed by atoms with E-state index in [4.69, 9.17) is 23.7 Å². The molecule has 3 fully saturated rings.